The SMILES string of the molecule is COc1ccc(C)cc1NC(=O)C(C)OC(=O)c1ccc(Cl)s1. The Morgan fingerprint density at radius 3 is 2.61 bits per heavy atom. The number of carbonyl (C=O) groups is 2. The van der Waals surface area contributed by atoms with E-state index in [9.17, 15) is 9.59 Å². The van der Waals surface area contributed by atoms with Gasteiger partial charge in [0.2, 0.25) is 0 Å². The molecule has 5 nitrogen and oxygen atoms in total. The molecule has 1 aromatic heterocycles. The van der Waals surface area contributed by atoms with E-state index in [2.05, 4.69) is 5.32 Å². The molecule has 0 saturated heterocycles. The lowest BCUT2D eigenvalue weighted by Gasteiger charge is -2.15. The van der Waals surface area contributed by atoms with Gasteiger partial charge in [0.05, 0.1) is 17.1 Å². The van der Waals surface area contributed by atoms with Crippen LogP contribution in [-0.4, -0.2) is 25.1 Å². The molecule has 0 spiro atoms. The second kappa shape index (κ2) is 7.48. The minimum absolute atomic E-state index is 0.350. The lowest BCUT2D eigenvalue weighted by molar-refractivity contribution is -0.123. The second-order valence-corrected chi connectivity index (χ2v) is 6.56. The van der Waals surface area contributed by atoms with Gasteiger partial charge >= 0.3 is 5.97 Å². The summed E-state index contributed by atoms with van der Waals surface area (Å²) in [6, 6.07) is 8.58. The molecule has 2 rings (SSSR count). The number of benzene rings is 1. The Morgan fingerprint density at radius 1 is 1.26 bits per heavy atom. The van der Waals surface area contributed by atoms with Crippen molar-refractivity contribution in [1.29, 1.82) is 0 Å². The van der Waals surface area contributed by atoms with Crippen molar-refractivity contribution < 1.29 is 19.1 Å². The molecule has 1 heterocycles. The third-order valence-corrected chi connectivity index (χ3v) is 4.25. The van der Waals surface area contributed by atoms with Gasteiger partial charge in [0.1, 0.15) is 10.6 Å². The molecule has 1 unspecified atom stereocenters. The average molecular weight is 354 g/mol. The maximum Gasteiger partial charge on any atom is 0.349 e. The van der Waals surface area contributed by atoms with Gasteiger partial charge in [-0.1, -0.05) is 17.7 Å². The van der Waals surface area contributed by atoms with E-state index in [0.717, 1.165) is 16.9 Å². The van der Waals surface area contributed by atoms with Gasteiger partial charge in [0.25, 0.3) is 5.91 Å². The molecule has 0 aliphatic carbocycles. The van der Waals surface area contributed by atoms with Crippen molar-refractivity contribution in [3.8, 4) is 5.75 Å². The minimum Gasteiger partial charge on any atom is -0.495 e. The summed E-state index contributed by atoms with van der Waals surface area (Å²) in [5.74, 6) is -0.488. The summed E-state index contributed by atoms with van der Waals surface area (Å²) >= 11 is 6.88. The Labute approximate surface area is 143 Å². The molecule has 1 amide bonds. The number of esters is 1. The van der Waals surface area contributed by atoms with Crippen LogP contribution in [-0.2, 0) is 9.53 Å². The lowest BCUT2D eigenvalue weighted by atomic mass is 10.2. The van der Waals surface area contributed by atoms with E-state index in [1.54, 1.807) is 24.3 Å². The first-order valence-corrected chi connectivity index (χ1v) is 8.02. The molecule has 1 aromatic carbocycles. The first kappa shape index (κ1) is 17.3. The molecule has 122 valence electrons. The summed E-state index contributed by atoms with van der Waals surface area (Å²) in [7, 11) is 1.52. The predicted octanol–water partition coefficient (Wildman–Crippen LogP) is 3.90. The van der Waals surface area contributed by atoms with Gasteiger partial charge in [-0.3, -0.25) is 4.79 Å². The largest absolute Gasteiger partial charge is 0.495 e. The van der Waals surface area contributed by atoms with Gasteiger partial charge in [-0.15, -0.1) is 11.3 Å². The first-order chi connectivity index (χ1) is 10.9. The fraction of sp³-hybridized carbons (Fsp3) is 0.250. The van der Waals surface area contributed by atoms with Gasteiger partial charge in [0.15, 0.2) is 6.10 Å². The van der Waals surface area contributed by atoms with E-state index in [0.29, 0.717) is 20.7 Å². The lowest BCUT2D eigenvalue weighted by Crippen LogP contribution is -2.30. The summed E-state index contributed by atoms with van der Waals surface area (Å²) < 4.78 is 10.8. The van der Waals surface area contributed by atoms with Crippen molar-refractivity contribution in [2.45, 2.75) is 20.0 Å². The van der Waals surface area contributed by atoms with Crippen LogP contribution in [0.1, 0.15) is 22.2 Å². The van der Waals surface area contributed by atoms with Crippen molar-refractivity contribution in [1.82, 2.24) is 0 Å². The maximum absolute atomic E-state index is 12.2. The highest BCUT2D eigenvalue weighted by Crippen LogP contribution is 2.26. The Morgan fingerprint density at radius 2 is 2.00 bits per heavy atom. The van der Waals surface area contributed by atoms with Gasteiger partial charge < -0.3 is 14.8 Å². The summed E-state index contributed by atoms with van der Waals surface area (Å²) in [5, 5.41) is 2.70. The summed E-state index contributed by atoms with van der Waals surface area (Å²) in [6.07, 6.45) is -0.950. The summed E-state index contributed by atoms with van der Waals surface area (Å²) in [4.78, 5) is 24.5. The highest BCUT2D eigenvalue weighted by atomic mass is 35.5. The highest BCUT2D eigenvalue weighted by molar-refractivity contribution is 7.17. The van der Waals surface area contributed by atoms with Gasteiger partial charge in [-0.05, 0) is 43.7 Å². The van der Waals surface area contributed by atoms with E-state index in [4.69, 9.17) is 21.1 Å². The Hall–Kier alpha value is -2.05. The minimum atomic E-state index is -0.950. The number of hydrogen-bond donors (Lipinski definition) is 1. The smallest absolute Gasteiger partial charge is 0.349 e. The van der Waals surface area contributed by atoms with Crippen LogP contribution in [0.3, 0.4) is 0 Å². The summed E-state index contributed by atoms with van der Waals surface area (Å²) in [5.41, 5.74) is 1.50. The van der Waals surface area contributed by atoms with Gasteiger partial charge in [0, 0.05) is 0 Å². The average Bonchev–Trinajstić information content (AvgIpc) is 2.94. The van der Waals surface area contributed by atoms with Gasteiger partial charge in [-0.25, -0.2) is 4.79 Å². The Balaban J connectivity index is 2.03. The molecule has 0 saturated carbocycles. The van der Waals surface area contributed by atoms with Crippen LogP contribution in [0, 0.1) is 6.92 Å². The van der Waals surface area contributed by atoms with Crippen LogP contribution in [0.25, 0.3) is 0 Å². The topological polar surface area (TPSA) is 64.6 Å². The monoisotopic (exact) mass is 353 g/mol. The number of anilines is 1. The summed E-state index contributed by atoms with van der Waals surface area (Å²) in [6.45, 7) is 3.41. The second-order valence-electron chi connectivity index (χ2n) is 4.84. The Kier molecular flexibility index (Phi) is 5.63. The predicted molar refractivity (Wildman–Crippen MR) is 90.6 cm³/mol. The standard InChI is InChI=1S/C16H16ClNO4S/c1-9-4-5-12(21-3)11(8-9)18-15(19)10(2)22-16(20)13-6-7-14(17)23-13/h4-8,10H,1-3H3,(H,18,19). The third kappa shape index (κ3) is 4.46. The van der Waals surface area contributed by atoms with Crippen molar-refractivity contribution in [2.24, 2.45) is 0 Å². The fourth-order valence-electron chi connectivity index (χ4n) is 1.85. The van der Waals surface area contributed by atoms with Crippen LogP contribution in [0.2, 0.25) is 4.34 Å². The van der Waals surface area contributed by atoms with Crippen LogP contribution >= 0.6 is 22.9 Å². The molecule has 1 N–H and O–H groups in total. The molecule has 0 bridgehead atoms. The Bertz CT molecular complexity index is 729. The molecule has 0 aliphatic rings. The molecule has 0 aliphatic heterocycles. The van der Waals surface area contributed by atoms with Crippen molar-refractivity contribution in [3.63, 3.8) is 0 Å². The number of carbonyl (C=O) groups excluding carboxylic acids is 2. The first-order valence-electron chi connectivity index (χ1n) is 6.82. The molecular weight excluding hydrogens is 338 g/mol. The zero-order valence-electron chi connectivity index (χ0n) is 12.9. The zero-order chi connectivity index (χ0) is 17.0. The zero-order valence-corrected chi connectivity index (χ0v) is 14.5. The van der Waals surface area contributed by atoms with Crippen molar-refractivity contribution >= 4 is 40.5 Å². The van der Waals surface area contributed by atoms with Crippen LogP contribution in [0.5, 0.6) is 5.75 Å². The van der Waals surface area contributed by atoms with Gasteiger partial charge in [-0.2, -0.15) is 0 Å². The highest BCUT2D eigenvalue weighted by Gasteiger charge is 2.21. The third-order valence-electron chi connectivity index (χ3n) is 3.04. The van der Waals surface area contributed by atoms with Crippen LogP contribution in [0.15, 0.2) is 30.3 Å². The number of amides is 1. The number of nitrogens with one attached hydrogen (secondary N) is 1. The number of hydrogen-bond acceptors (Lipinski definition) is 5. The molecule has 23 heavy (non-hydrogen) atoms. The number of rotatable bonds is 5. The van der Waals surface area contributed by atoms with E-state index in [-0.39, 0.29) is 0 Å². The number of methoxy groups -OCH3 is 1. The fourth-order valence-corrected chi connectivity index (χ4v) is 2.78. The van der Waals surface area contributed by atoms with Crippen molar-refractivity contribution in [2.75, 3.05) is 12.4 Å². The molecule has 0 fully saturated rings. The van der Waals surface area contributed by atoms with E-state index < -0.39 is 18.0 Å². The quantitative estimate of drug-likeness (QED) is 0.828. The number of thiophene rings is 1. The number of ether oxygens (including phenoxy) is 2. The molecular formula is C16H16ClNO4S. The van der Waals surface area contributed by atoms with Crippen LogP contribution in [0.4, 0.5) is 5.69 Å². The molecule has 2 aromatic rings. The van der Waals surface area contributed by atoms with E-state index >= 15 is 0 Å². The van der Waals surface area contributed by atoms with Crippen molar-refractivity contribution in [3.05, 3.63) is 45.1 Å². The molecule has 1 atom stereocenters. The van der Waals surface area contributed by atoms with E-state index in [1.807, 2.05) is 13.0 Å². The van der Waals surface area contributed by atoms with E-state index in [1.165, 1.54) is 14.0 Å². The van der Waals surface area contributed by atoms with Crippen LogP contribution < -0.4 is 10.1 Å². The maximum atomic E-state index is 12.2. The molecule has 7 heteroatoms. The number of aryl methyl sites for hydroxylation is 1. The normalized spacial score (nSPS) is 11.7. The number of halogens is 1. The molecule has 0 radical (unpaired) electrons.